The van der Waals surface area contributed by atoms with Gasteiger partial charge in [-0.15, -0.1) is 0 Å². The predicted molar refractivity (Wildman–Crippen MR) is 146 cm³/mol. The van der Waals surface area contributed by atoms with E-state index in [-0.39, 0.29) is 26.9 Å². The summed E-state index contributed by atoms with van der Waals surface area (Å²) in [5.41, 5.74) is 2.11. The number of aryl methyl sites for hydroxylation is 1. The molecular weight excluding hydrogens is 513 g/mol. The van der Waals surface area contributed by atoms with Crippen molar-refractivity contribution < 1.29 is 24.2 Å². The number of carbonyl (C=O) groups is 2. The maximum atomic E-state index is 13.4. The number of rotatable bonds is 7. The number of ketones is 1. The molecule has 0 saturated carbocycles. The van der Waals surface area contributed by atoms with E-state index < -0.39 is 23.5 Å². The Hall–Kier alpha value is -3.48. The molecule has 3 aromatic carbocycles. The SMILES string of the molecule is COc1c(Cl)cc(Cl)cc1/C(O)=C1\C(=O)C(=O)N(c2ccc(OCC(C)C)cc2)C1c1cccc(C)c1. The molecule has 1 aliphatic rings. The first kappa shape index (κ1) is 26.6. The molecule has 1 atom stereocenters. The average molecular weight is 540 g/mol. The van der Waals surface area contributed by atoms with Crippen LogP contribution in [-0.4, -0.2) is 30.5 Å². The molecule has 1 aliphatic heterocycles. The lowest BCUT2D eigenvalue weighted by molar-refractivity contribution is -0.132. The summed E-state index contributed by atoms with van der Waals surface area (Å²) < 4.78 is 11.2. The van der Waals surface area contributed by atoms with E-state index in [2.05, 4.69) is 13.8 Å². The van der Waals surface area contributed by atoms with Crippen LogP contribution in [-0.2, 0) is 9.59 Å². The Bertz CT molecular complexity index is 1380. The maximum Gasteiger partial charge on any atom is 0.300 e. The van der Waals surface area contributed by atoms with Crippen LogP contribution < -0.4 is 14.4 Å². The molecule has 3 aromatic rings. The van der Waals surface area contributed by atoms with E-state index in [1.165, 1.54) is 24.1 Å². The number of nitrogens with zero attached hydrogens (tertiary/aromatic N) is 1. The topological polar surface area (TPSA) is 76.1 Å². The number of amides is 1. The van der Waals surface area contributed by atoms with Crippen molar-refractivity contribution in [1.29, 1.82) is 0 Å². The number of aliphatic hydroxyl groups excluding tert-OH is 1. The first-order valence-corrected chi connectivity index (χ1v) is 12.5. The van der Waals surface area contributed by atoms with Crippen LogP contribution in [0.15, 0.2) is 66.2 Å². The Morgan fingerprint density at radius 1 is 1.05 bits per heavy atom. The van der Waals surface area contributed by atoms with Gasteiger partial charge in [0.05, 0.1) is 35.9 Å². The molecule has 1 saturated heterocycles. The van der Waals surface area contributed by atoms with Crippen molar-refractivity contribution in [3.05, 3.63) is 93.0 Å². The van der Waals surface area contributed by atoms with E-state index in [1.807, 2.05) is 31.2 Å². The molecule has 37 heavy (non-hydrogen) atoms. The highest BCUT2D eigenvalue weighted by Crippen LogP contribution is 2.45. The van der Waals surface area contributed by atoms with Crippen molar-refractivity contribution in [2.24, 2.45) is 5.92 Å². The molecule has 192 valence electrons. The molecule has 0 aromatic heterocycles. The fourth-order valence-corrected chi connectivity index (χ4v) is 4.88. The van der Waals surface area contributed by atoms with E-state index in [1.54, 1.807) is 24.3 Å². The normalized spacial score (nSPS) is 16.9. The monoisotopic (exact) mass is 539 g/mol. The van der Waals surface area contributed by atoms with Gasteiger partial charge in [-0.25, -0.2) is 0 Å². The molecule has 1 heterocycles. The predicted octanol–water partition coefficient (Wildman–Crippen LogP) is 6.97. The Kier molecular flexibility index (Phi) is 7.81. The van der Waals surface area contributed by atoms with Crippen molar-refractivity contribution in [1.82, 2.24) is 0 Å². The van der Waals surface area contributed by atoms with Gasteiger partial charge in [0.15, 0.2) is 0 Å². The van der Waals surface area contributed by atoms with E-state index in [0.717, 1.165) is 5.56 Å². The minimum absolute atomic E-state index is 0.0904. The number of anilines is 1. The van der Waals surface area contributed by atoms with Gasteiger partial charge in [-0.05, 0) is 54.8 Å². The summed E-state index contributed by atoms with van der Waals surface area (Å²) in [5, 5.41) is 11.9. The van der Waals surface area contributed by atoms with E-state index >= 15 is 0 Å². The largest absolute Gasteiger partial charge is 0.507 e. The van der Waals surface area contributed by atoms with Gasteiger partial charge in [0.2, 0.25) is 0 Å². The van der Waals surface area contributed by atoms with E-state index in [4.69, 9.17) is 32.7 Å². The molecule has 1 fully saturated rings. The molecule has 0 spiro atoms. The molecule has 1 N–H and O–H groups in total. The van der Waals surface area contributed by atoms with Crippen molar-refractivity contribution in [2.75, 3.05) is 18.6 Å². The Morgan fingerprint density at radius 2 is 1.76 bits per heavy atom. The van der Waals surface area contributed by atoms with Gasteiger partial charge in [-0.3, -0.25) is 14.5 Å². The third-order valence-corrected chi connectivity index (χ3v) is 6.47. The molecule has 1 unspecified atom stereocenters. The highest BCUT2D eigenvalue weighted by Gasteiger charge is 2.47. The van der Waals surface area contributed by atoms with Crippen LogP contribution in [0.3, 0.4) is 0 Å². The number of halogens is 2. The van der Waals surface area contributed by atoms with Crippen LogP contribution in [0.4, 0.5) is 5.69 Å². The first-order valence-electron chi connectivity index (χ1n) is 11.8. The third kappa shape index (κ3) is 5.31. The molecule has 1 amide bonds. The fourth-order valence-electron chi connectivity index (χ4n) is 4.31. The third-order valence-electron chi connectivity index (χ3n) is 5.97. The van der Waals surface area contributed by atoms with Crippen LogP contribution in [0, 0.1) is 12.8 Å². The zero-order chi connectivity index (χ0) is 26.9. The van der Waals surface area contributed by atoms with Crippen LogP contribution >= 0.6 is 23.2 Å². The number of ether oxygens (including phenoxy) is 2. The second kappa shape index (κ2) is 10.9. The highest BCUT2D eigenvalue weighted by molar-refractivity contribution is 6.52. The second-order valence-corrected chi connectivity index (χ2v) is 10.1. The number of hydrogen-bond acceptors (Lipinski definition) is 5. The van der Waals surface area contributed by atoms with Crippen LogP contribution in [0.2, 0.25) is 10.0 Å². The van der Waals surface area contributed by atoms with Crippen molar-refractivity contribution in [2.45, 2.75) is 26.8 Å². The number of hydrogen-bond donors (Lipinski definition) is 1. The van der Waals surface area contributed by atoms with Crippen LogP contribution in [0.5, 0.6) is 11.5 Å². The van der Waals surface area contributed by atoms with E-state index in [0.29, 0.717) is 29.5 Å². The van der Waals surface area contributed by atoms with Gasteiger partial charge in [0, 0.05) is 10.7 Å². The zero-order valence-electron chi connectivity index (χ0n) is 20.9. The van der Waals surface area contributed by atoms with Gasteiger partial charge < -0.3 is 14.6 Å². The molecule has 0 bridgehead atoms. The number of carbonyl (C=O) groups excluding carboxylic acids is 2. The Balaban J connectivity index is 1.90. The molecule has 0 radical (unpaired) electrons. The summed E-state index contributed by atoms with van der Waals surface area (Å²) in [5.74, 6) is -0.872. The Morgan fingerprint density at radius 3 is 2.38 bits per heavy atom. The number of aliphatic hydroxyl groups is 1. The number of benzene rings is 3. The number of methoxy groups -OCH3 is 1. The first-order chi connectivity index (χ1) is 17.6. The van der Waals surface area contributed by atoms with Gasteiger partial charge >= 0.3 is 0 Å². The molecular formula is C29H27Cl2NO5. The lowest BCUT2D eigenvalue weighted by Crippen LogP contribution is -2.29. The molecule has 6 nitrogen and oxygen atoms in total. The lowest BCUT2D eigenvalue weighted by atomic mass is 9.94. The molecule has 8 heteroatoms. The summed E-state index contributed by atoms with van der Waals surface area (Å²) in [7, 11) is 1.39. The minimum Gasteiger partial charge on any atom is -0.507 e. The van der Waals surface area contributed by atoms with Crippen molar-refractivity contribution >= 4 is 46.3 Å². The van der Waals surface area contributed by atoms with E-state index in [9.17, 15) is 14.7 Å². The summed E-state index contributed by atoms with van der Waals surface area (Å²) in [6.45, 7) is 6.57. The summed E-state index contributed by atoms with van der Waals surface area (Å²) in [6, 6.07) is 16.4. The summed E-state index contributed by atoms with van der Waals surface area (Å²) in [4.78, 5) is 28.3. The highest BCUT2D eigenvalue weighted by atomic mass is 35.5. The smallest absolute Gasteiger partial charge is 0.300 e. The van der Waals surface area contributed by atoms with Crippen LogP contribution in [0.1, 0.15) is 36.6 Å². The summed E-state index contributed by atoms with van der Waals surface area (Å²) >= 11 is 12.5. The van der Waals surface area contributed by atoms with Crippen LogP contribution in [0.25, 0.3) is 5.76 Å². The average Bonchev–Trinajstić information content (AvgIpc) is 3.12. The minimum atomic E-state index is -0.898. The van der Waals surface area contributed by atoms with Gasteiger partial charge in [0.1, 0.15) is 17.3 Å². The lowest BCUT2D eigenvalue weighted by Gasteiger charge is -2.26. The maximum absolute atomic E-state index is 13.4. The molecule has 0 aliphatic carbocycles. The number of Topliss-reactive ketones (excluding diaryl/α,β-unsaturated/α-hetero) is 1. The summed E-state index contributed by atoms with van der Waals surface area (Å²) in [6.07, 6.45) is 0. The fraction of sp³-hybridized carbons (Fsp3) is 0.241. The van der Waals surface area contributed by atoms with Crippen molar-refractivity contribution in [3.63, 3.8) is 0 Å². The van der Waals surface area contributed by atoms with Gasteiger partial charge in [-0.1, -0.05) is 66.9 Å². The molecule has 4 rings (SSSR count). The quantitative estimate of drug-likeness (QED) is 0.199. The van der Waals surface area contributed by atoms with Gasteiger partial charge in [0.25, 0.3) is 11.7 Å². The van der Waals surface area contributed by atoms with Crippen molar-refractivity contribution in [3.8, 4) is 11.5 Å². The Labute approximate surface area is 226 Å². The zero-order valence-corrected chi connectivity index (χ0v) is 22.4. The van der Waals surface area contributed by atoms with Gasteiger partial charge in [-0.2, -0.15) is 0 Å². The standard InChI is InChI=1S/C29H27Cl2NO5/c1-16(2)15-37-21-10-8-20(9-11-21)32-25(18-7-5-6-17(3)12-18)24(27(34)29(32)35)26(33)22-13-19(30)14-23(31)28(22)36-4/h5-14,16,25,33H,15H2,1-4H3/b26-24+. The second-order valence-electron chi connectivity index (χ2n) is 9.25.